The van der Waals surface area contributed by atoms with Gasteiger partial charge in [0.25, 0.3) is 0 Å². The minimum Gasteiger partial charge on any atom is -0.388 e. The highest BCUT2D eigenvalue weighted by atomic mass is 16.3. The molecule has 1 N–H and O–H groups in total. The fourth-order valence-corrected chi connectivity index (χ4v) is 1.60. The molecule has 0 aliphatic heterocycles. The van der Waals surface area contributed by atoms with Crippen molar-refractivity contribution in [3.05, 3.63) is 48.0 Å². The summed E-state index contributed by atoms with van der Waals surface area (Å²) in [6, 6.07) is 10.2. The Hall–Kier alpha value is -1.68. The molecule has 4 nitrogen and oxygen atoms in total. The van der Waals surface area contributed by atoms with Crippen molar-refractivity contribution in [2.45, 2.75) is 19.6 Å². The smallest absolute Gasteiger partial charge is 0.159 e. The normalized spacial score (nSPS) is 12.7. The minimum atomic E-state index is -0.0861. The molecule has 0 saturated carbocycles. The molecular weight excluding hydrogens is 190 g/mol. The molecule has 0 radical (unpaired) electrons. The van der Waals surface area contributed by atoms with Gasteiger partial charge in [0.15, 0.2) is 5.82 Å². The van der Waals surface area contributed by atoms with Crippen LogP contribution >= 0.6 is 0 Å². The Kier molecular flexibility index (Phi) is 2.78. The Morgan fingerprint density at radius 3 is 2.73 bits per heavy atom. The van der Waals surface area contributed by atoms with Crippen LogP contribution in [0.3, 0.4) is 0 Å². The quantitative estimate of drug-likeness (QED) is 0.819. The van der Waals surface area contributed by atoms with Crippen molar-refractivity contribution < 1.29 is 5.11 Å². The fourth-order valence-electron chi connectivity index (χ4n) is 1.60. The molecule has 1 aromatic carbocycles. The summed E-state index contributed by atoms with van der Waals surface area (Å²) in [4.78, 5) is 0. The van der Waals surface area contributed by atoms with Gasteiger partial charge < -0.3 is 9.67 Å². The highest BCUT2D eigenvalue weighted by molar-refractivity contribution is 5.19. The molecule has 0 aliphatic rings. The number of rotatable bonds is 3. The molecule has 15 heavy (non-hydrogen) atoms. The molecule has 0 bridgehead atoms. The number of benzene rings is 1. The topological polar surface area (TPSA) is 50.9 Å². The van der Waals surface area contributed by atoms with Gasteiger partial charge in [-0.05, 0) is 12.5 Å². The van der Waals surface area contributed by atoms with E-state index in [-0.39, 0.29) is 12.6 Å². The summed E-state index contributed by atoms with van der Waals surface area (Å²) >= 11 is 0. The number of aliphatic hydroxyl groups excluding tert-OH is 1. The first-order chi connectivity index (χ1) is 7.33. The van der Waals surface area contributed by atoms with Crippen LogP contribution in [0.25, 0.3) is 0 Å². The predicted molar refractivity (Wildman–Crippen MR) is 56.2 cm³/mol. The Morgan fingerprint density at radius 2 is 2.07 bits per heavy atom. The lowest BCUT2D eigenvalue weighted by Crippen LogP contribution is -2.09. The second kappa shape index (κ2) is 4.23. The van der Waals surface area contributed by atoms with E-state index in [1.54, 1.807) is 6.33 Å². The Bertz CT molecular complexity index is 424. The molecule has 0 fully saturated rings. The lowest BCUT2D eigenvalue weighted by atomic mass is 10.1. The number of nitrogens with zero attached hydrogens (tertiary/aromatic N) is 3. The van der Waals surface area contributed by atoms with Crippen molar-refractivity contribution in [2.75, 3.05) is 0 Å². The van der Waals surface area contributed by atoms with Gasteiger partial charge in [0.1, 0.15) is 12.9 Å². The summed E-state index contributed by atoms with van der Waals surface area (Å²) < 4.78 is 1.87. The van der Waals surface area contributed by atoms with E-state index in [2.05, 4.69) is 17.1 Å². The van der Waals surface area contributed by atoms with Crippen molar-refractivity contribution >= 4 is 0 Å². The van der Waals surface area contributed by atoms with Gasteiger partial charge in [0.2, 0.25) is 0 Å². The Morgan fingerprint density at radius 1 is 1.33 bits per heavy atom. The van der Waals surface area contributed by atoms with E-state index in [4.69, 9.17) is 5.11 Å². The molecule has 0 saturated heterocycles. The molecule has 0 aliphatic carbocycles. The van der Waals surface area contributed by atoms with E-state index in [1.807, 2.05) is 34.9 Å². The van der Waals surface area contributed by atoms with E-state index >= 15 is 0 Å². The number of aliphatic hydroxyl groups is 1. The molecule has 78 valence electrons. The van der Waals surface area contributed by atoms with E-state index in [9.17, 15) is 0 Å². The van der Waals surface area contributed by atoms with Crippen LogP contribution in [0.5, 0.6) is 0 Å². The number of hydrogen-bond donors (Lipinski definition) is 1. The fraction of sp³-hybridized carbons (Fsp3) is 0.273. The zero-order valence-corrected chi connectivity index (χ0v) is 8.54. The van der Waals surface area contributed by atoms with Crippen LogP contribution in [0.2, 0.25) is 0 Å². The largest absolute Gasteiger partial charge is 0.388 e. The van der Waals surface area contributed by atoms with Crippen molar-refractivity contribution in [2.24, 2.45) is 0 Å². The van der Waals surface area contributed by atoms with Crippen molar-refractivity contribution in [1.82, 2.24) is 14.8 Å². The highest BCUT2D eigenvalue weighted by Crippen LogP contribution is 2.17. The van der Waals surface area contributed by atoms with Crippen LogP contribution in [-0.4, -0.2) is 19.9 Å². The highest BCUT2D eigenvalue weighted by Gasteiger charge is 2.11. The van der Waals surface area contributed by atoms with E-state index in [0.717, 1.165) is 0 Å². The SMILES string of the molecule is CC(c1ccccc1)n1cnnc1CO. The van der Waals surface area contributed by atoms with Crippen LogP contribution in [0.4, 0.5) is 0 Å². The lowest BCUT2D eigenvalue weighted by molar-refractivity contribution is 0.263. The zero-order chi connectivity index (χ0) is 10.7. The van der Waals surface area contributed by atoms with E-state index in [0.29, 0.717) is 5.82 Å². The maximum Gasteiger partial charge on any atom is 0.159 e. The molecular formula is C11H13N3O. The molecule has 2 rings (SSSR count). The molecule has 1 atom stereocenters. The van der Waals surface area contributed by atoms with Crippen molar-refractivity contribution in [1.29, 1.82) is 0 Å². The van der Waals surface area contributed by atoms with E-state index < -0.39 is 0 Å². The number of hydrogen-bond acceptors (Lipinski definition) is 3. The van der Waals surface area contributed by atoms with Gasteiger partial charge in [0.05, 0.1) is 6.04 Å². The Labute approximate surface area is 88.2 Å². The van der Waals surface area contributed by atoms with Crippen LogP contribution in [-0.2, 0) is 6.61 Å². The minimum absolute atomic E-state index is 0.0861. The van der Waals surface area contributed by atoms with Gasteiger partial charge in [-0.15, -0.1) is 10.2 Å². The molecule has 1 unspecified atom stereocenters. The first-order valence-electron chi connectivity index (χ1n) is 4.87. The van der Waals surface area contributed by atoms with Gasteiger partial charge in [-0.2, -0.15) is 0 Å². The summed E-state index contributed by atoms with van der Waals surface area (Å²) in [5.74, 6) is 0.589. The third kappa shape index (κ3) is 1.89. The van der Waals surface area contributed by atoms with Crippen molar-refractivity contribution in [3.63, 3.8) is 0 Å². The Balaban J connectivity index is 2.32. The van der Waals surface area contributed by atoms with Gasteiger partial charge in [0, 0.05) is 0 Å². The van der Waals surface area contributed by atoms with Crippen LogP contribution < -0.4 is 0 Å². The first-order valence-corrected chi connectivity index (χ1v) is 4.87. The van der Waals surface area contributed by atoms with Crippen LogP contribution in [0.1, 0.15) is 24.4 Å². The molecule has 1 aromatic heterocycles. The second-order valence-electron chi connectivity index (χ2n) is 3.40. The third-order valence-electron chi connectivity index (χ3n) is 2.49. The molecule has 0 spiro atoms. The van der Waals surface area contributed by atoms with Gasteiger partial charge in [-0.1, -0.05) is 30.3 Å². The third-order valence-corrected chi connectivity index (χ3v) is 2.49. The summed E-state index contributed by atoms with van der Waals surface area (Å²) in [7, 11) is 0. The monoisotopic (exact) mass is 203 g/mol. The summed E-state index contributed by atoms with van der Waals surface area (Å²) in [5.41, 5.74) is 1.17. The maximum atomic E-state index is 9.08. The van der Waals surface area contributed by atoms with Gasteiger partial charge >= 0.3 is 0 Å². The molecule has 0 amide bonds. The maximum absolute atomic E-state index is 9.08. The zero-order valence-electron chi connectivity index (χ0n) is 8.54. The lowest BCUT2D eigenvalue weighted by Gasteiger charge is -2.14. The van der Waals surface area contributed by atoms with Crippen molar-refractivity contribution in [3.8, 4) is 0 Å². The molecule has 1 heterocycles. The predicted octanol–water partition coefficient (Wildman–Crippen LogP) is 1.38. The van der Waals surface area contributed by atoms with Crippen LogP contribution in [0, 0.1) is 0 Å². The molecule has 4 heteroatoms. The second-order valence-corrected chi connectivity index (χ2v) is 3.40. The average Bonchev–Trinajstić information content (AvgIpc) is 2.77. The summed E-state index contributed by atoms with van der Waals surface area (Å²) in [6.07, 6.45) is 1.64. The first kappa shape index (κ1) is 9.86. The standard InChI is InChI=1S/C11H13N3O/c1-9(10-5-3-2-4-6-10)14-8-12-13-11(14)7-15/h2-6,8-9,15H,7H2,1H3. The average molecular weight is 203 g/mol. The van der Waals surface area contributed by atoms with Crippen LogP contribution in [0.15, 0.2) is 36.7 Å². The number of aromatic nitrogens is 3. The van der Waals surface area contributed by atoms with Gasteiger partial charge in [-0.3, -0.25) is 0 Å². The molecule has 2 aromatic rings. The summed E-state index contributed by atoms with van der Waals surface area (Å²) in [5, 5.41) is 16.7. The van der Waals surface area contributed by atoms with E-state index in [1.165, 1.54) is 5.56 Å². The summed E-state index contributed by atoms with van der Waals surface area (Å²) in [6.45, 7) is 1.97. The van der Waals surface area contributed by atoms with Gasteiger partial charge in [-0.25, -0.2) is 0 Å².